The van der Waals surface area contributed by atoms with Gasteiger partial charge in [0.15, 0.2) is 0 Å². The van der Waals surface area contributed by atoms with E-state index >= 15 is 0 Å². The molecule has 0 bridgehead atoms. The number of carbonyl (C=O) groups is 1. The normalized spacial score (nSPS) is 25.6. The number of nitrogens with one attached hydrogen (secondary N) is 1. The number of hydrogen-bond donors (Lipinski definition) is 1. The van der Waals surface area contributed by atoms with Crippen LogP contribution in [0.1, 0.15) is 31.5 Å². The highest BCUT2D eigenvalue weighted by molar-refractivity contribution is 6.30. The lowest BCUT2D eigenvalue weighted by molar-refractivity contribution is -0.130. The summed E-state index contributed by atoms with van der Waals surface area (Å²) in [4.78, 5) is 14.1. The van der Waals surface area contributed by atoms with Gasteiger partial charge < -0.3 is 4.90 Å². The fraction of sp³-hybridized carbons (Fsp3) is 0.462. The summed E-state index contributed by atoms with van der Waals surface area (Å²) >= 11 is 5.88. The SMILES string of the molecule is CCN1C(=O)C2(CC2)NC1c1ccc(Cl)cc1. The zero-order chi connectivity index (χ0) is 12.0. The molecule has 3 nitrogen and oxygen atoms in total. The van der Waals surface area contributed by atoms with E-state index in [9.17, 15) is 4.79 Å². The van der Waals surface area contributed by atoms with Gasteiger partial charge in [-0.2, -0.15) is 0 Å². The summed E-state index contributed by atoms with van der Waals surface area (Å²) in [5, 5.41) is 4.19. The molecule has 1 atom stereocenters. The number of halogens is 1. The molecule has 1 amide bonds. The lowest BCUT2D eigenvalue weighted by Crippen LogP contribution is -2.32. The predicted octanol–water partition coefficient (Wildman–Crippen LogP) is 2.32. The highest BCUT2D eigenvalue weighted by Crippen LogP contribution is 2.45. The second kappa shape index (κ2) is 3.72. The Labute approximate surface area is 106 Å². The third-order valence-electron chi connectivity index (χ3n) is 3.67. The second-order valence-corrected chi connectivity index (χ2v) is 5.21. The maximum atomic E-state index is 12.2. The Balaban J connectivity index is 1.92. The molecule has 2 aliphatic rings. The largest absolute Gasteiger partial charge is 0.322 e. The van der Waals surface area contributed by atoms with Crippen molar-refractivity contribution in [1.82, 2.24) is 10.2 Å². The third kappa shape index (κ3) is 1.65. The molecule has 0 radical (unpaired) electrons. The van der Waals surface area contributed by atoms with Crippen molar-refractivity contribution in [3.63, 3.8) is 0 Å². The van der Waals surface area contributed by atoms with E-state index in [1.165, 1.54) is 0 Å². The van der Waals surface area contributed by atoms with Crippen LogP contribution in [-0.4, -0.2) is 22.9 Å². The van der Waals surface area contributed by atoms with E-state index in [1.807, 2.05) is 36.1 Å². The molecular formula is C13H15ClN2O. The first kappa shape index (κ1) is 11.1. The molecular weight excluding hydrogens is 236 g/mol. The molecule has 1 aliphatic heterocycles. The van der Waals surface area contributed by atoms with Gasteiger partial charge >= 0.3 is 0 Å². The van der Waals surface area contributed by atoms with Crippen LogP contribution in [0, 0.1) is 0 Å². The quantitative estimate of drug-likeness (QED) is 0.874. The van der Waals surface area contributed by atoms with E-state index in [0.717, 1.165) is 30.0 Å². The van der Waals surface area contributed by atoms with Crippen molar-refractivity contribution in [1.29, 1.82) is 0 Å². The molecule has 1 saturated carbocycles. The number of nitrogens with zero attached hydrogens (tertiary/aromatic N) is 1. The first-order valence-electron chi connectivity index (χ1n) is 6.00. The Hall–Kier alpha value is -1.06. The van der Waals surface area contributed by atoms with Gasteiger partial charge in [0.05, 0.1) is 0 Å². The molecule has 2 fully saturated rings. The Morgan fingerprint density at radius 2 is 2.06 bits per heavy atom. The minimum absolute atomic E-state index is 0.00673. The Morgan fingerprint density at radius 1 is 1.41 bits per heavy atom. The van der Waals surface area contributed by atoms with E-state index in [4.69, 9.17) is 11.6 Å². The molecule has 1 aliphatic carbocycles. The summed E-state index contributed by atoms with van der Waals surface area (Å²) in [6.45, 7) is 2.75. The van der Waals surface area contributed by atoms with Crippen molar-refractivity contribution < 1.29 is 4.79 Å². The standard InChI is InChI=1S/C13H15ClN2O/c1-2-16-11(9-3-5-10(14)6-4-9)15-13(7-8-13)12(16)17/h3-6,11,15H,2,7-8H2,1H3. The van der Waals surface area contributed by atoms with Crippen molar-refractivity contribution >= 4 is 17.5 Å². The van der Waals surface area contributed by atoms with Crippen LogP contribution in [0.25, 0.3) is 0 Å². The number of likely N-dealkylation sites (N-methyl/N-ethyl adjacent to an activating group) is 1. The molecule has 1 heterocycles. The van der Waals surface area contributed by atoms with Crippen LogP contribution in [0.5, 0.6) is 0 Å². The van der Waals surface area contributed by atoms with Crippen LogP contribution in [0.4, 0.5) is 0 Å². The monoisotopic (exact) mass is 250 g/mol. The molecule has 0 aromatic heterocycles. The van der Waals surface area contributed by atoms with E-state index in [-0.39, 0.29) is 17.6 Å². The number of carbonyl (C=O) groups excluding carboxylic acids is 1. The fourth-order valence-corrected chi connectivity index (χ4v) is 2.64. The van der Waals surface area contributed by atoms with Crippen LogP contribution >= 0.6 is 11.6 Å². The highest BCUT2D eigenvalue weighted by Gasteiger charge is 2.58. The number of rotatable bonds is 2. The average Bonchev–Trinajstić information content (AvgIpc) is 3.04. The molecule has 1 spiro atoms. The average molecular weight is 251 g/mol. The first-order chi connectivity index (χ1) is 8.16. The van der Waals surface area contributed by atoms with Crippen LogP contribution < -0.4 is 5.32 Å². The zero-order valence-electron chi connectivity index (χ0n) is 9.74. The zero-order valence-corrected chi connectivity index (χ0v) is 10.5. The molecule has 1 N–H and O–H groups in total. The maximum Gasteiger partial charge on any atom is 0.244 e. The first-order valence-corrected chi connectivity index (χ1v) is 6.38. The number of amides is 1. The van der Waals surface area contributed by atoms with Crippen molar-refractivity contribution in [2.45, 2.75) is 31.5 Å². The fourth-order valence-electron chi connectivity index (χ4n) is 2.51. The topological polar surface area (TPSA) is 32.3 Å². The summed E-state index contributed by atoms with van der Waals surface area (Å²) in [5.74, 6) is 0.250. The lowest BCUT2D eigenvalue weighted by atomic mass is 10.1. The van der Waals surface area contributed by atoms with Gasteiger partial charge in [-0.3, -0.25) is 10.1 Å². The smallest absolute Gasteiger partial charge is 0.244 e. The predicted molar refractivity (Wildman–Crippen MR) is 66.7 cm³/mol. The van der Waals surface area contributed by atoms with Gasteiger partial charge in [0.2, 0.25) is 5.91 Å². The molecule has 1 unspecified atom stereocenters. The Bertz CT molecular complexity index is 453. The van der Waals surface area contributed by atoms with Crippen LogP contribution in [0.2, 0.25) is 5.02 Å². The maximum absolute atomic E-state index is 12.2. The summed E-state index contributed by atoms with van der Waals surface area (Å²) in [6, 6.07) is 7.71. The van der Waals surface area contributed by atoms with Crippen molar-refractivity contribution in [2.24, 2.45) is 0 Å². The minimum Gasteiger partial charge on any atom is -0.322 e. The van der Waals surface area contributed by atoms with Crippen LogP contribution in [-0.2, 0) is 4.79 Å². The number of benzene rings is 1. The van der Waals surface area contributed by atoms with Crippen molar-refractivity contribution in [3.8, 4) is 0 Å². The van der Waals surface area contributed by atoms with Gasteiger partial charge in [-0.15, -0.1) is 0 Å². The molecule has 4 heteroatoms. The Kier molecular flexibility index (Phi) is 2.42. The van der Waals surface area contributed by atoms with Gasteiger partial charge in [0.1, 0.15) is 11.7 Å². The molecule has 1 aromatic carbocycles. The van der Waals surface area contributed by atoms with Gasteiger partial charge in [0, 0.05) is 11.6 Å². The van der Waals surface area contributed by atoms with E-state index in [1.54, 1.807) is 0 Å². The van der Waals surface area contributed by atoms with E-state index in [0.29, 0.717) is 0 Å². The second-order valence-electron chi connectivity index (χ2n) is 4.77. The number of hydrogen-bond acceptors (Lipinski definition) is 2. The van der Waals surface area contributed by atoms with Gasteiger partial charge in [0.25, 0.3) is 0 Å². The van der Waals surface area contributed by atoms with Gasteiger partial charge in [-0.25, -0.2) is 0 Å². The van der Waals surface area contributed by atoms with Crippen molar-refractivity contribution in [2.75, 3.05) is 6.54 Å². The summed E-state index contributed by atoms with van der Waals surface area (Å²) in [7, 11) is 0. The summed E-state index contributed by atoms with van der Waals surface area (Å²) in [6.07, 6.45) is 1.94. The van der Waals surface area contributed by atoms with Crippen molar-refractivity contribution in [3.05, 3.63) is 34.9 Å². The van der Waals surface area contributed by atoms with Gasteiger partial charge in [-0.1, -0.05) is 23.7 Å². The molecule has 1 aromatic rings. The van der Waals surface area contributed by atoms with Crippen LogP contribution in [0.3, 0.4) is 0 Å². The van der Waals surface area contributed by atoms with E-state index < -0.39 is 0 Å². The molecule has 90 valence electrons. The summed E-state index contributed by atoms with van der Waals surface area (Å²) in [5.41, 5.74) is 0.855. The van der Waals surface area contributed by atoms with Gasteiger partial charge in [-0.05, 0) is 37.5 Å². The molecule has 1 saturated heterocycles. The Morgan fingerprint density at radius 3 is 2.59 bits per heavy atom. The minimum atomic E-state index is -0.250. The van der Waals surface area contributed by atoms with E-state index in [2.05, 4.69) is 5.32 Å². The lowest BCUT2D eigenvalue weighted by Gasteiger charge is -2.22. The third-order valence-corrected chi connectivity index (χ3v) is 3.92. The molecule has 17 heavy (non-hydrogen) atoms. The summed E-state index contributed by atoms with van der Waals surface area (Å²) < 4.78 is 0. The molecule has 3 rings (SSSR count). The van der Waals surface area contributed by atoms with Crippen LogP contribution in [0.15, 0.2) is 24.3 Å². The highest BCUT2D eigenvalue weighted by atomic mass is 35.5.